The maximum Gasteiger partial charge on any atom is 0.306 e. The largest absolute Gasteiger partial charge is 0.383 e. The van der Waals surface area contributed by atoms with Crippen LogP contribution in [-0.2, 0) is 10.1 Å². The normalized spacial score (nSPS) is 11.5. The molecule has 1 aromatic carbocycles. The lowest BCUT2D eigenvalue weighted by molar-refractivity contribution is 0.493. The van der Waals surface area contributed by atoms with Gasteiger partial charge in [0.1, 0.15) is 5.75 Å². The predicted octanol–water partition coefficient (Wildman–Crippen LogP) is 1.57. The molecule has 0 N–H and O–H groups in total. The van der Waals surface area contributed by atoms with Gasteiger partial charge in [-0.05, 0) is 23.6 Å². The number of fused-ring (bicyclic) bond motifs is 1. The lowest BCUT2D eigenvalue weighted by Gasteiger charge is -2.03. The Morgan fingerprint density at radius 3 is 2.73 bits per heavy atom. The lowest BCUT2D eigenvalue weighted by Crippen LogP contribution is -2.05. The third-order valence-electron chi connectivity index (χ3n) is 1.86. The second kappa shape index (κ2) is 3.51. The summed E-state index contributed by atoms with van der Waals surface area (Å²) in [6, 6.07) is 6.89. The Kier molecular flexibility index (Phi) is 2.32. The van der Waals surface area contributed by atoms with E-state index in [0.717, 1.165) is 17.0 Å². The van der Waals surface area contributed by atoms with E-state index in [2.05, 4.69) is 4.98 Å². The molecule has 2 rings (SSSR count). The van der Waals surface area contributed by atoms with Gasteiger partial charge in [0.25, 0.3) is 0 Å². The molecule has 0 saturated carbocycles. The molecule has 1 heterocycles. The molecular weight excluding hydrogens is 214 g/mol. The highest BCUT2D eigenvalue weighted by atomic mass is 32.2. The summed E-state index contributed by atoms with van der Waals surface area (Å²) in [5.41, 5.74) is 0. The molecule has 0 aliphatic heterocycles. The fraction of sp³-hybridized carbons (Fsp3) is 0.100. The summed E-state index contributed by atoms with van der Waals surface area (Å²) in [5, 5.41) is 1.84. The summed E-state index contributed by atoms with van der Waals surface area (Å²) in [6.07, 6.45) is 4.35. The zero-order valence-electron chi connectivity index (χ0n) is 8.04. The molecule has 0 unspecified atom stereocenters. The molecule has 0 amide bonds. The van der Waals surface area contributed by atoms with Gasteiger partial charge in [-0.15, -0.1) is 0 Å². The maximum absolute atomic E-state index is 10.9. The van der Waals surface area contributed by atoms with E-state index < -0.39 is 10.1 Å². The molecule has 78 valence electrons. The van der Waals surface area contributed by atoms with E-state index in [0.29, 0.717) is 5.75 Å². The number of pyridine rings is 1. The van der Waals surface area contributed by atoms with E-state index in [4.69, 9.17) is 4.18 Å². The van der Waals surface area contributed by atoms with Crippen molar-refractivity contribution in [3.05, 3.63) is 36.7 Å². The highest BCUT2D eigenvalue weighted by Crippen LogP contribution is 2.20. The van der Waals surface area contributed by atoms with Crippen molar-refractivity contribution >= 4 is 20.9 Å². The first kappa shape index (κ1) is 9.92. The monoisotopic (exact) mass is 223 g/mol. The molecule has 0 atom stereocenters. The van der Waals surface area contributed by atoms with Crippen LogP contribution >= 0.6 is 0 Å². The second-order valence-corrected chi connectivity index (χ2v) is 4.75. The molecule has 2 aromatic rings. The minimum Gasteiger partial charge on any atom is -0.383 e. The summed E-state index contributed by atoms with van der Waals surface area (Å²) in [4.78, 5) is 3.95. The topological polar surface area (TPSA) is 56.3 Å². The third kappa shape index (κ3) is 2.44. The van der Waals surface area contributed by atoms with Crippen molar-refractivity contribution < 1.29 is 12.6 Å². The van der Waals surface area contributed by atoms with Crippen LogP contribution in [0.2, 0.25) is 0 Å². The van der Waals surface area contributed by atoms with Crippen molar-refractivity contribution in [1.29, 1.82) is 0 Å². The van der Waals surface area contributed by atoms with E-state index in [1.165, 1.54) is 0 Å². The summed E-state index contributed by atoms with van der Waals surface area (Å²) in [5.74, 6) is 0.304. The van der Waals surface area contributed by atoms with Gasteiger partial charge in [0.2, 0.25) is 0 Å². The SMILES string of the molecule is CS(=O)(=O)Oc1ccc2ccncc2c1. The van der Waals surface area contributed by atoms with Crippen molar-refractivity contribution in [2.24, 2.45) is 0 Å². The number of hydrogen-bond acceptors (Lipinski definition) is 4. The lowest BCUT2D eigenvalue weighted by atomic mass is 10.2. The number of hydrogen-bond donors (Lipinski definition) is 0. The van der Waals surface area contributed by atoms with E-state index in [9.17, 15) is 8.42 Å². The van der Waals surface area contributed by atoms with Crippen molar-refractivity contribution in [3.8, 4) is 5.75 Å². The highest BCUT2D eigenvalue weighted by Gasteiger charge is 2.04. The van der Waals surface area contributed by atoms with Crippen LogP contribution in [0.1, 0.15) is 0 Å². The first-order valence-corrected chi connectivity index (χ1v) is 6.09. The van der Waals surface area contributed by atoms with Gasteiger partial charge in [-0.2, -0.15) is 8.42 Å². The average Bonchev–Trinajstić information content (AvgIpc) is 2.15. The molecule has 0 radical (unpaired) electrons. The fourth-order valence-electron chi connectivity index (χ4n) is 1.29. The average molecular weight is 223 g/mol. The van der Waals surface area contributed by atoms with Gasteiger partial charge >= 0.3 is 10.1 Å². The standard InChI is InChI=1S/C10H9NO3S/c1-15(12,13)14-10-3-2-8-4-5-11-7-9(8)6-10/h2-7H,1H3. The van der Waals surface area contributed by atoms with Gasteiger partial charge in [0.05, 0.1) is 6.26 Å². The van der Waals surface area contributed by atoms with Crippen LogP contribution in [0.4, 0.5) is 0 Å². The van der Waals surface area contributed by atoms with E-state index >= 15 is 0 Å². The molecule has 15 heavy (non-hydrogen) atoms. The van der Waals surface area contributed by atoms with Crippen LogP contribution in [0.3, 0.4) is 0 Å². The second-order valence-electron chi connectivity index (χ2n) is 3.17. The molecule has 0 saturated heterocycles. The fourth-order valence-corrected chi connectivity index (χ4v) is 1.74. The van der Waals surface area contributed by atoms with Gasteiger partial charge in [0.15, 0.2) is 0 Å². The minimum atomic E-state index is -3.47. The van der Waals surface area contributed by atoms with Crippen molar-refractivity contribution in [2.75, 3.05) is 6.26 Å². The Balaban J connectivity index is 2.48. The van der Waals surface area contributed by atoms with E-state index in [-0.39, 0.29) is 0 Å². The van der Waals surface area contributed by atoms with Crippen LogP contribution in [0.25, 0.3) is 10.8 Å². The smallest absolute Gasteiger partial charge is 0.306 e. The van der Waals surface area contributed by atoms with E-state index in [1.807, 2.05) is 6.07 Å². The van der Waals surface area contributed by atoms with E-state index in [1.54, 1.807) is 30.6 Å². The van der Waals surface area contributed by atoms with Gasteiger partial charge in [-0.3, -0.25) is 4.98 Å². The maximum atomic E-state index is 10.9. The Morgan fingerprint density at radius 1 is 1.20 bits per heavy atom. The van der Waals surface area contributed by atoms with Crippen molar-refractivity contribution in [1.82, 2.24) is 4.98 Å². The van der Waals surface area contributed by atoms with Crippen molar-refractivity contribution in [3.63, 3.8) is 0 Å². The number of rotatable bonds is 2. The van der Waals surface area contributed by atoms with Crippen LogP contribution in [-0.4, -0.2) is 19.7 Å². The molecule has 0 fully saturated rings. The molecule has 0 bridgehead atoms. The Hall–Kier alpha value is -1.62. The van der Waals surface area contributed by atoms with Gasteiger partial charge in [-0.25, -0.2) is 0 Å². The molecule has 4 nitrogen and oxygen atoms in total. The zero-order chi connectivity index (χ0) is 10.9. The zero-order valence-corrected chi connectivity index (χ0v) is 8.86. The quantitative estimate of drug-likeness (QED) is 0.725. The van der Waals surface area contributed by atoms with Gasteiger partial charge in [-0.1, -0.05) is 6.07 Å². The third-order valence-corrected chi connectivity index (χ3v) is 2.35. The van der Waals surface area contributed by atoms with Crippen LogP contribution in [0.5, 0.6) is 5.75 Å². The molecular formula is C10H9NO3S. The Labute approximate surface area is 87.6 Å². The Bertz CT molecular complexity index is 592. The summed E-state index contributed by atoms with van der Waals surface area (Å²) >= 11 is 0. The summed E-state index contributed by atoms with van der Waals surface area (Å²) in [6.45, 7) is 0. The Morgan fingerprint density at radius 2 is 2.00 bits per heavy atom. The molecule has 0 aliphatic rings. The van der Waals surface area contributed by atoms with Crippen LogP contribution in [0, 0.1) is 0 Å². The summed E-state index contributed by atoms with van der Waals surface area (Å²) < 4.78 is 26.6. The number of aromatic nitrogens is 1. The van der Waals surface area contributed by atoms with Gasteiger partial charge < -0.3 is 4.18 Å². The highest BCUT2D eigenvalue weighted by molar-refractivity contribution is 7.86. The number of benzene rings is 1. The predicted molar refractivity (Wildman–Crippen MR) is 57.2 cm³/mol. The first-order chi connectivity index (χ1) is 7.04. The van der Waals surface area contributed by atoms with Crippen molar-refractivity contribution in [2.45, 2.75) is 0 Å². The van der Waals surface area contributed by atoms with Gasteiger partial charge in [0, 0.05) is 17.8 Å². The minimum absolute atomic E-state index is 0.304. The van der Waals surface area contributed by atoms with Crippen LogP contribution in [0.15, 0.2) is 36.7 Å². The summed E-state index contributed by atoms with van der Waals surface area (Å²) in [7, 11) is -3.47. The molecule has 1 aromatic heterocycles. The van der Waals surface area contributed by atoms with Crippen LogP contribution < -0.4 is 4.18 Å². The first-order valence-electron chi connectivity index (χ1n) is 4.28. The molecule has 0 spiro atoms. The number of nitrogens with zero attached hydrogens (tertiary/aromatic N) is 1. The molecule has 5 heteroatoms. The molecule has 0 aliphatic carbocycles.